The molecule has 0 saturated heterocycles. The van der Waals surface area contributed by atoms with Crippen molar-refractivity contribution in [1.29, 1.82) is 0 Å². The van der Waals surface area contributed by atoms with Crippen LogP contribution in [0.15, 0.2) is 48.7 Å². The number of halogens is 1. The number of hydrogen-bond acceptors (Lipinski definition) is 2. The van der Waals surface area contributed by atoms with Crippen LogP contribution >= 0.6 is 0 Å². The second-order valence-corrected chi connectivity index (χ2v) is 5.04. The minimum absolute atomic E-state index is 0.268. The average molecular weight is 284 g/mol. The summed E-state index contributed by atoms with van der Waals surface area (Å²) >= 11 is 0. The molecule has 0 amide bonds. The molecule has 1 heterocycles. The first-order valence-electron chi connectivity index (χ1n) is 6.83. The molecule has 108 valence electrons. The molecule has 0 radical (unpaired) electrons. The van der Waals surface area contributed by atoms with Gasteiger partial charge < -0.3 is 15.0 Å². The first-order chi connectivity index (χ1) is 10.2. The van der Waals surface area contributed by atoms with Gasteiger partial charge in [-0.25, -0.2) is 4.39 Å². The topological polar surface area (TPSA) is 40.2 Å². The van der Waals surface area contributed by atoms with Crippen molar-refractivity contribution in [3.05, 3.63) is 65.6 Å². The molecule has 0 aliphatic rings. The van der Waals surface area contributed by atoms with E-state index in [4.69, 9.17) is 10.5 Å². The molecule has 3 nitrogen and oxygen atoms in total. The van der Waals surface area contributed by atoms with Crippen LogP contribution in [0.3, 0.4) is 0 Å². The lowest BCUT2D eigenvalue weighted by molar-refractivity contribution is 0.291. The predicted molar refractivity (Wildman–Crippen MR) is 81.5 cm³/mol. The number of fused-ring (bicyclic) bond motifs is 1. The maximum absolute atomic E-state index is 13.6. The van der Waals surface area contributed by atoms with Crippen molar-refractivity contribution in [3.63, 3.8) is 0 Å². The Morgan fingerprint density at radius 3 is 2.76 bits per heavy atom. The van der Waals surface area contributed by atoms with Crippen LogP contribution < -0.4 is 10.5 Å². The number of hydrogen-bond donors (Lipinski definition) is 1. The summed E-state index contributed by atoms with van der Waals surface area (Å²) in [6.45, 7) is 0.824. The zero-order chi connectivity index (χ0) is 14.8. The van der Waals surface area contributed by atoms with Gasteiger partial charge in [0.25, 0.3) is 0 Å². The molecule has 0 unspecified atom stereocenters. The third kappa shape index (κ3) is 2.62. The first kappa shape index (κ1) is 13.6. The van der Waals surface area contributed by atoms with Crippen molar-refractivity contribution in [3.8, 4) is 5.75 Å². The molecular formula is C17H17FN2O. The molecule has 1 aromatic heterocycles. The Labute approximate surface area is 122 Å². The molecule has 0 spiro atoms. The van der Waals surface area contributed by atoms with Gasteiger partial charge in [0, 0.05) is 36.3 Å². The SMILES string of the molecule is Cn1cc(COc2ccccc2F)c2cc(CN)ccc21. The Hall–Kier alpha value is -2.33. The number of aryl methyl sites for hydroxylation is 1. The summed E-state index contributed by atoms with van der Waals surface area (Å²) in [4.78, 5) is 0. The van der Waals surface area contributed by atoms with Crippen molar-refractivity contribution in [2.45, 2.75) is 13.2 Å². The molecule has 0 fully saturated rings. The van der Waals surface area contributed by atoms with E-state index in [-0.39, 0.29) is 11.6 Å². The number of rotatable bonds is 4. The maximum Gasteiger partial charge on any atom is 0.165 e. The molecular weight excluding hydrogens is 267 g/mol. The van der Waals surface area contributed by atoms with E-state index >= 15 is 0 Å². The van der Waals surface area contributed by atoms with Crippen molar-refractivity contribution < 1.29 is 9.13 Å². The van der Waals surface area contributed by atoms with Gasteiger partial charge in [0.15, 0.2) is 11.6 Å². The summed E-state index contributed by atoms with van der Waals surface area (Å²) in [5.74, 6) is -0.0788. The fourth-order valence-electron chi connectivity index (χ4n) is 2.48. The lowest BCUT2D eigenvalue weighted by Crippen LogP contribution is -1.98. The molecule has 0 saturated carbocycles. The smallest absolute Gasteiger partial charge is 0.165 e. The summed E-state index contributed by atoms with van der Waals surface area (Å²) in [6, 6.07) is 12.6. The van der Waals surface area contributed by atoms with Gasteiger partial charge in [-0.05, 0) is 29.8 Å². The summed E-state index contributed by atoms with van der Waals surface area (Å²) in [7, 11) is 1.98. The standard InChI is InChI=1S/C17H17FN2O/c1-20-10-13(11-21-17-5-3-2-4-15(17)18)14-8-12(9-19)6-7-16(14)20/h2-8,10H,9,11,19H2,1H3. The van der Waals surface area contributed by atoms with Gasteiger partial charge in [-0.2, -0.15) is 0 Å². The van der Waals surface area contributed by atoms with E-state index in [1.807, 2.05) is 29.9 Å². The van der Waals surface area contributed by atoms with E-state index in [1.165, 1.54) is 6.07 Å². The van der Waals surface area contributed by atoms with Crippen LogP contribution in [0.5, 0.6) is 5.75 Å². The Kier molecular flexibility index (Phi) is 3.62. The molecule has 0 aliphatic heterocycles. The molecule has 3 rings (SSSR count). The van der Waals surface area contributed by atoms with Gasteiger partial charge in [-0.1, -0.05) is 18.2 Å². The normalized spacial score (nSPS) is 11.0. The van der Waals surface area contributed by atoms with Gasteiger partial charge >= 0.3 is 0 Å². The van der Waals surface area contributed by atoms with Crippen LogP contribution in [0.2, 0.25) is 0 Å². The number of ether oxygens (including phenoxy) is 1. The lowest BCUT2D eigenvalue weighted by atomic mass is 10.1. The molecule has 0 aliphatic carbocycles. The summed E-state index contributed by atoms with van der Waals surface area (Å²) in [5.41, 5.74) is 8.90. The lowest BCUT2D eigenvalue weighted by Gasteiger charge is -2.06. The second-order valence-electron chi connectivity index (χ2n) is 5.04. The highest BCUT2D eigenvalue weighted by Gasteiger charge is 2.09. The number of para-hydroxylation sites is 1. The van der Waals surface area contributed by atoms with E-state index < -0.39 is 0 Å². The van der Waals surface area contributed by atoms with E-state index in [9.17, 15) is 4.39 Å². The minimum atomic E-state index is -0.347. The average Bonchev–Trinajstić information content (AvgIpc) is 2.82. The van der Waals surface area contributed by atoms with Gasteiger partial charge in [0.05, 0.1) is 0 Å². The zero-order valence-electron chi connectivity index (χ0n) is 11.8. The Bertz CT molecular complexity index is 780. The quantitative estimate of drug-likeness (QED) is 0.798. The van der Waals surface area contributed by atoms with Crippen LogP contribution in [0.4, 0.5) is 4.39 Å². The molecule has 2 N–H and O–H groups in total. The summed E-state index contributed by atoms with van der Waals surface area (Å²) in [6.07, 6.45) is 2.01. The summed E-state index contributed by atoms with van der Waals surface area (Å²) < 4.78 is 21.2. The molecule has 21 heavy (non-hydrogen) atoms. The fraction of sp³-hybridized carbons (Fsp3) is 0.176. The number of benzene rings is 2. The van der Waals surface area contributed by atoms with Crippen LogP contribution in [-0.4, -0.2) is 4.57 Å². The Balaban J connectivity index is 1.92. The number of aromatic nitrogens is 1. The molecule has 3 aromatic rings. The van der Waals surface area contributed by atoms with Gasteiger partial charge in [-0.3, -0.25) is 0 Å². The van der Waals surface area contributed by atoms with Gasteiger partial charge in [0.2, 0.25) is 0 Å². The predicted octanol–water partition coefficient (Wildman–Crippen LogP) is 3.36. The molecule has 0 atom stereocenters. The van der Waals surface area contributed by atoms with E-state index in [0.29, 0.717) is 13.2 Å². The fourth-order valence-corrected chi connectivity index (χ4v) is 2.48. The largest absolute Gasteiger partial charge is 0.486 e. The Morgan fingerprint density at radius 2 is 2.00 bits per heavy atom. The van der Waals surface area contributed by atoms with Crippen LogP contribution in [0.1, 0.15) is 11.1 Å². The second kappa shape index (κ2) is 5.58. The van der Waals surface area contributed by atoms with E-state index in [1.54, 1.807) is 18.2 Å². The third-order valence-corrected chi connectivity index (χ3v) is 3.59. The Morgan fingerprint density at radius 1 is 1.19 bits per heavy atom. The van der Waals surface area contributed by atoms with Crippen LogP contribution in [0, 0.1) is 5.82 Å². The van der Waals surface area contributed by atoms with Gasteiger partial charge in [-0.15, -0.1) is 0 Å². The minimum Gasteiger partial charge on any atom is -0.486 e. The highest BCUT2D eigenvalue weighted by atomic mass is 19.1. The number of nitrogens with two attached hydrogens (primary N) is 1. The van der Waals surface area contributed by atoms with Crippen LogP contribution in [-0.2, 0) is 20.2 Å². The van der Waals surface area contributed by atoms with Crippen molar-refractivity contribution >= 4 is 10.9 Å². The van der Waals surface area contributed by atoms with Crippen molar-refractivity contribution in [2.75, 3.05) is 0 Å². The van der Waals surface area contributed by atoms with Gasteiger partial charge in [0.1, 0.15) is 6.61 Å². The summed E-state index contributed by atoms with van der Waals surface area (Å²) in [5, 5.41) is 1.09. The van der Waals surface area contributed by atoms with Crippen molar-refractivity contribution in [2.24, 2.45) is 12.8 Å². The molecule has 0 bridgehead atoms. The highest BCUT2D eigenvalue weighted by Crippen LogP contribution is 2.24. The van der Waals surface area contributed by atoms with E-state index in [2.05, 4.69) is 6.07 Å². The number of nitrogens with zero attached hydrogens (tertiary/aromatic N) is 1. The van der Waals surface area contributed by atoms with E-state index in [0.717, 1.165) is 22.0 Å². The maximum atomic E-state index is 13.6. The first-order valence-corrected chi connectivity index (χ1v) is 6.83. The molecule has 2 aromatic carbocycles. The molecule has 4 heteroatoms. The highest BCUT2D eigenvalue weighted by molar-refractivity contribution is 5.84. The zero-order valence-corrected chi connectivity index (χ0v) is 11.8. The van der Waals surface area contributed by atoms with Crippen LogP contribution in [0.25, 0.3) is 10.9 Å². The van der Waals surface area contributed by atoms with Crippen molar-refractivity contribution in [1.82, 2.24) is 4.57 Å². The monoisotopic (exact) mass is 284 g/mol. The third-order valence-electron chi connectivity index (χ3n) is 3.59.